The van der Waals surface area contributed by atoms with Crippen LogP contribution < -0.4 is 10.0 Å². The average molecular weight is 380 g/mol. The molecule has 8 heteroatoms. The van der Waals surface area contributed by atoms with Gasteiger partial charge in [0.05, 0.1) is 11.5 Å². The summed E-state index contributed by atoms with van der Waals surface area (Å²) in [6.07, 6.45) is 0.181. The normalized spacial score (nSPS) is 12.5. The van der Waals surface area contributed by atoms with Crippen molar-refractivity contribution in [2.45, 2.75) is 17.4 Å². The van der Waals surface area contributed by atoms with Gasteiger partial charge in [-0.3, -0.25) is 4.79 Å². The molecule has 0 fully saturated rings. The topological polar surface area (TPSA) is 84.5 Å². The van der Waals surface area contributed by atoms with Crippen molar-refractivity contribution in [1.29, 1.82) is 0 Å². The molecule has 2 aromatic carbocycles. The van der Waals surface area contributed by atoms with Gasteiger partial charge in [-0.15, -0.1) is 0 Å². The maximum absolute atomic E-state index is 13.0. The van der Waals surface area contributed by atoms with Gasteiger partial charge in [-0.25, -0.2) is 12.8 Å². The molecule has 140 valence electrons. The molecule has 1 atom stereocenters. The molecule has 0 spiro atoms. The minimum Gasteiger partial charge on any atom is -0.383 e. The molecule has 0 aromatic heterocycles. The fourth-order valence-corrected chi connectivity index (χ4v) is 3.50. The van der Waals surface area contributed by atoms with Crippen molar-refractivity contribution >= 4 is 15.9 Å². The number of benzene rings is 2. The van der Waals surface area contributed by atoms with Gasteiger partial charge in [0.1, 0.15) is 11.9 Å². The molecule has 6 nitrogen and oxygen atoms in total. The second-order valence-electron chi connectivity index (χ2n) is 5.60. The summed E-state index contributed by atoms with van der Waals surface area (Å²) >= 11 is 0. The fourth-order valence-electron chi connectivity index (χ4n) is 2.31. The third-order valence-corrected chi connectivity index (χ3v) is 5.11. The first kappa shape index (κ1) is 20.0. The van der Waals surface area contributed by atoms with Crippen LogP contribution in [-0.2, 0) is 26.0 Å². The number of halogens is 1. The first-order valence-corrected chi connectivity index (χ1v) is 9.49. The molecule has 0 saturated heterocycles. The van der Waals surface area contributed by atoms with Crippen LogP contribution in [0.3, 0.4) is 0 Å². The Labute approximate surface area is 152 Å². The van der Waals surface area contributed by atoms with Crippen molar-refractivity contribution in [2.24, 2.45) is 0 Å². The van der Waals surface area contributed by atoms with Crippen LogP contribution in [0.25, 0.3) is 0 Å². The second-order valence-corrected chi connectivity index (χ2v) is 7.32. The average Bonchev–Trinajstić information content (AvgIpc) is 2.62. The van der Waals surface area contributed by atoms with Gasteiger partial charge in [0.25, 0.3) is 0 Å². The first-order chi connectivity index (χ1) is 12.4. The van der Waals surface area contributed by atoms with E-state index in [9.17, 15) is 17.6 Å². The number of amides is 1. The van der Waals surface area contributed by atoms with Gasteiger partial charge < -0.3 is 10.1 Å². The SMILES string of the molecule is COCCNC(=O)C(Cc1ccccc1)NS(=O)(=O)c1ccc(F)cc1. The van der Waals surface area contributed by atoms with Gasteiger partial charge in [0.15, 0.2) is 0 Å². The minimum absolute atomic E-state index is 0.110. The van der Waals surface area contributed by atoms with Crippen LogP contribution in [0.5, 0.6) is 0 Å². The lowest BCUT2D eigenvalue weighted by atomic mass is 10.1. The predicted molar refractivity (Wildman–Crippen MR) is 95.5 cm³/mol. The lowest BCUT2D eigenvalue weighted by Gasteiger charge is -2.19. The molecule has 0 heterocycles. The van der Waals surface area contributed by atoms with Crippen molar-refractivity contribution in [1.82, 2.24) is 10.0 Å². The van der Waals surface area contributed by atoms with E-state index in [1.54, 1.807) is 0 Å². The Morgan fingerprint density at radius 3 is 2.38 bits per heavy atom. The van der Waals surface area contributed by atoms with Gasteiger partial charge in [0.2, 0.25) is 15.9 Å². The number of nitrogens with one attached hydrogen (secondary N) is 2. The second kappa shape index (κ2) is 9.42. The third kappa shape index (κ3) is 5.91. The van der Waals surface area contributed by atoms with Gasteiger partial charge in [0, 0.05) is 13.7 Å². The summed E-state index contributed by atoms with van der Waals surface area (Å²) in [5.41, 5.74) is 0.807. The number of rotatable bonds is 9. The standard InChI is InChI=1S/C18H21FN2O4S/c1-25-12-11-20-18(22)17(13-14-5-3-2-4-6-14)21-26(23,24)16-9-7-15(19)8-10-16/h2-10,17,21H,11-13H2,1H3,(H,20,22). The zero-order valence-corrected chi connectivity index (χ0v) is 15.1. The van der Waals surface area contributed by atoms with Crippen LogP contribution in [0.2, 0.25) is 0 Å². The summed E-state index contributed by atoms with van der Waals surface area (Å²) in [4.78, 5) is 12.3. The van der Waals surface area contributed by atoms with Crippen LogP contribution in [0.1, 0.15) is 5.56 Å². The summed E-state index contributed by atoms with van der Waals surface area (Å²) in [7, 11) is -2.48. The summed E-state index contributed by atoms with van der Waals surface area (Å²) in [5, 5.41) is 2.64. The van der Waals surface area contributed by atoms with Gasteiger partial charge >= 0.3 is 0 Å². The molecule has 1 unspecified atom stereocenters. The summed E-state index contributed by atoms with van der Waals surface area (Å²) in [6.45, 7) is 0.577. The number of hydrogen-bond donors (Lipinski definition) is 2. The van der Waals surface area contributed by atoms with E-state index in [0.29, 0.717) is 6.61 Å². The quantitative estimate of drug-likeness (QED) is 0.646. The number of carbonyl (C=O) groups is 1. The zero-order chi connectivity index (χ0) is 19.0. The Balaban J connectivity index is 2.19. The Morgan fingerprint density at radius 2 is 1.77 bits per heavy atom. The molecular formula is C18H21FN2O4S. The zero-order valence-electron chi connectivity index (χ0n) is 14.3. The molecule has 1 amide bonds. The molecule has 26 heavy (non-hydrogen) atoms. The Hall–Kier alpha value is -2.29. The molecule has 2 N–H and O–H groups in total. The Kier molecular flexibility index (Phi) is 7.26. The summed E-state index contributed by atoms with van der Waals surface area (Å²) < 4.78 is 45.4. The molecule has 2 rings (SSSR count). The number of methoxy groups -OCH3 is 1. The van der Waals surface area contributed by atoms with Crippen molar-refractivity contribution in [3.05, 3.63) is 66.0 Å². The maximum atomic E-state index is 13.0. The van der Waals surface area contributed by atoms with Crippen LogP contribution in [0.15, 0.2) is 59.5 Å². The van der Waals surface area contributed by atoms with Crippen LogP contribution in [-0.4, -0.2) is 40.6 Å². The molecular weight excluding hydrogens is 359 g/mol. The molecule has 0 aliphatic rings. The van der Waals surface area contributed by atoms with Crippen molar-refractivity contribution in [2.75, 3.05) is 20.3 Å². The van der Waals surface area contributed by atoms with E-state index in [2.05, 4.69) is 10.0 Å². The molecule has 0 aliphatic heterocycles. The summed E-state index contributed by atoms with van der Waals surface area (Å²) in [6, 6.07) is 12.5. The smallest absolute Gasteiger partial charge is 0.241 e. The van der Waals surface area contributed by atoms with E-state index in [0.717, 1.165) is 29.8 Å². The Morgan fingerprint density at radius 1 is 1.12 bits per heavy atom. The molecule has 0 saturated carbocycles. The highest BCUT2D eigenvalue weighted by molar-refractivity contribution is 7.89. The first-order valence-electron chi connectivity index (χ1n) is 8.01. The number of sulfonamides is 1. The van der Waals surface area contributed by atoms with E-state index >= 15 is 0 Å². The molecule has 0 aliphatic carbocycles. The number of hydrogen-bond acceptors (Lipinski definition) is 4. The number of carbonyl (C=O) groups excluding carboxylic acids is 1. The van der Waals surface area contributed by atoms with Gasteiger partial charge in [-0.05, 0) is 36.2 Å². The highest BCUT2D eigenvalue weighted by Gasteiger charge is 2.26. The van der Waals surface area contributed by atoms with E-state index in [4.69, 9.17) is 4.74 Å². The van der Waals surface area contributed by atoms with Crippen LogP contribution >= 0.6 is 0 Å². The fraction of sp³-hybridized carbons (Fsp3) is 0.278. The minimum atomic E-state index is -3.98. The van der Waals surface area contributed by atoms with Crippen molar-refractivity contribution in [3.63, 3.8) is 0 Å². The lowest BCUT2D eigenvalue weighted by Crippen LogP contribution is -2.48. The van der Waals surface area contributed by atoms with Gasteiger partial charge in [-0.2, -0.15) is 4.72 Å². The van der Waals surface area contributed by atoms with E-state index in [-0.39, 0.29) is 17.9 Å². The lowest BCUT2D eigenvalue weighted by molar-refractivity contribution is -0.122. The monoisotopic (exact) mass is 380 g/mol. The van der Waals surface area contributed by atoms with E-state index in [1.807, 2.05) is 30.3 Å². The highest BCUT2D eigenvalue weighted by atomic mass is 32.2. The van der Waals surface area contributed by atoms with Crippen LogP contribution in [0.4, 0.5) is 4.39 Å². The molecule has 0 radical (unpaired) electrons. The third-order valence-electron chi connectivity index (χ3n) is 3.63. The number of ether oxygens (including phenoxy) is 1. The van der Waals surface area contributed by atoms with E-state index < -0.39 is 27.8 Å². The summed E-state index contributed by atoms with van der Waals surface area (Å²) in [5.74, 6) is -1.00. The van der Waals surface area contributed by atoms with Crippen LogP contribution in [0, 0.1) is 5.82 Å². The maximum Gasteiger partial charge on any atom is 0.241 e. The van der Waals surface area contributed by atoms with E-state index in [1.165, 1.54) is 7.11 Å². The largest absolute Gasteiger partial charge is 0.383 e. The Bertz CT molecular complexity index is 811. The van der Waals surface area contributed by atoms with Crippen molar-refractivity contribution < 1.29 is 22.3 Å². The van der Waals surface area contributed by atoms with Gasteiger partial charge in [-0.1, -0.05) is 30.3 Å². The van der Waals surface area contributed by atoms with Crippen molar-refractivity contribution in [3.8, 4) is 0 Å². The molecule has 2 aromatic rings. The highest BCUT2D eigenvalue weighted by Crippen LogP contribution is 2.12. The predicted octanol–water partition coefficient (Wildman–Crippen LogP) is 1.48. The molecule has 0 bridgehead atoms.